The number of hydrogen-bond donors (Lipinski definition) is 2. The van der Waals surface area contributed by atoms with E-state index in [2.05, 4.69) is 4.98 Å². The van der Waals surface area contributed by atoms with Crippen molar-refractivity contribution >= 4 is 11.6 Å². The van der Waals surface area contributed by atoms with Gasteiger partial charge in [0.05, 0.1) is 6.10 Å². The maximum absolute atomic E-state index is 9.57. The van der Waals surface area contributed by atoms with Gasteiger partial charge in [-0.15, -0.1) is 11.6 Å². The zero-order chi connectivity index (χ0) is 9.68. The van der Waals surface area contributed by atoms with Gasteiger partial charge in [0.2, 0.25) is 0 Å². The Balaban J connectivity index is 2.62. The highest BCUT2D eigenvalue weighted by Gasteiger charge is 2.17. The average Bonchev–Trinajstić information content (AvgIpc) is 2.18. The van der Waals surface area contributed by atoms with Gasteiger partial charge in [-0.25, -0.2) is 0 Å². The van der Waals surface area contributed by atoms with Crippen LogP contribution in [0.25, 0.3) is 0 Å². The molecule has 0 fully saturated rings. The predicted molar refractivity (Wildman–Crippen MR) is 50.5 cm³/mol. The molecule has 4 heteroatoms. The fourth-order valence-corrected chi connectivity index (χ4v) is 1.27. The van der Waals surface area contributed by atoms with Crippen molar-refractivity contribution in [3.63, 3.8) is 0 Å². The van der Waals surface area contributed by atoms with Crippen molar-refractivity contribution in [3.05, 3.63) is 30.1 Å². The van der Waals surface area contributed by atoms with Crippen LogP contribution in [-0.4, -0.2) is 27.2 Å². The summed E-state index contributed by atoms with van der Waals surface area (Å²) in [6.45, 7) is 0. The lowest BCUT2D eigenvalue weighted by molar-refractivity contribution is 0.0168. The Morgan fingerprint density at radius 3 is 2.77 bits per heavy atom. The maximum Gasteiger partial charge on any atom is 0.106 e. The topological polar surface area (TPSA) is 53.4 Å². The monoisotopic (exact) mass is 201 g/mol. The van der Waals surface area contributed by atoms with E-state index in [1.807, 2.05) is 0 Å². The number of pyridine rings is 1. The Morgan fingerprint density at radius 1 is 1.46 bits per heavy atom. The minimum Gasteiger partial charge on any atom is -0.390 e. The normalized spacial score (nSPS) is 15.3. The molecule has 0 amide bonds. The van der Waals surface area contributed by atoms with Crippen molar-refractivity contribution < 1.29 is 10.2 Å². The van der Waals surface area contributed by atoms with E-state index in [0.29, 0.717) is 17.9 Å². The van der Waals surface area contributed by atoms with Crippen molar-refractivity contribution in [1.82, 2.24) is 4.98 Å². The first-order chi connectivity index (χ1) is 6.25. The van der Waals surface area contributed by atoms with Crippen LogP contribution in [0.5, 0.6) is 0 Å². The second kappa shape index (κ2) is 5.17. The fraction of sp³-hybridized carbons (Fsp3) is 0.444. The van der Waals surface area contributed by atoms with Gasteiger partial charge in [0.1, 0.15) is 6.10 Å². The minimum absolute atomic E-state index is 0.332. The van der Waals surface area contributed by atoms with Crippen molar-refractivity contribution in [3.8, 4) is 0 Å². The molecule has 0 radical (unpaired) electrons. The molecule has 1 aromatic heterocycles. The highest BCUT2D eigenvalue weighted by molar-refractivity contribution is 6.17. The number of alkyl halides is 1. The fourth-order valence-electron chi connectivity index (χ4n) is 1.04. The summed E-state index contributed by atoms with van der Waals surface area (Å²) in [5.74, 6) is 0.332. The van der Waals surface area contributed by atoms with Gasteiger partial charge >= 0.3 is 0 Å². The summed E-state index contributed by atoms with van der Waals surface area (Å²) >= 11 is 5.44. The third kappa shape index (κ3) is 2.95. The molecule has 1 aromatic rings. The van der Waals surface area contributed by atoms with Gasteiger partial charge in [0, 0.05) is 23.8 Å². The number of aliphatic hydroxyl groups is 2. The van der Waals surface area contributed by atoms with Gasteiger partial charge in [-0.1, -0.05) is 6.07 Å². The molecule has 1 heterocycles. The van der Waals surface area contributed by atoms with Gasteiger partial charge in [-0.05, 0) is 12.5 Å². The lowest BCUT2D eigenvalue weighted by Gasteiger charge is -2.16. The molecule has 0 saturated carbocycles. The van der Waals surface area contributed by atoms with Crippen LogP contribution in [0.3, 0.4) is 0 Å². The SMILES string of the molecule is OC(CCCl)C(O)c1cccnc1. The number of hydrogen-bond acceptors (Lipinski definition) is 3. The smallest absolute Gasteiger partial charge is 0.106 e. The summed E-state index contributed by atoms with van der Waals surface area (Å²) in [5, 5.41) is 19.0. The predicted octanol–water partition coefficient (Wildman–Crippen LogP) is 1.10. The lowest BCUT2D eigenvalue weighted by Crippen LogP contribution is -2.18. The number of nitrogens with zero attached hydrogens (tertiary/aromatic N) is 1. The quantitative estimate of drug-likeness (QED) is 0.718. The zero-order valence-corrected chi connectivity index (χ0v) is 7.85. The summed E-state index contributed by atoms with van der Waals surface area (Å²) in [4.78, 5) is 3.84. The van der Waals surface area contributed by atoms with E-state index < -0.39 is 12.2 Å². The average molecular weight is 202 g/mol. The molecule has 0 aromatic carbocycles. The van der Waals surface area contributed by atoms with Gasteiger partial charge in [-0.3, -0.25) is 4.98 Å². The van der Waals surface area contributed by atoms with Gasteiger partial charge in [-0.2, -0.15) is 0 Å². The Bertz CT molecular complexity index is 243. The zero-order valence-electron chi connectivity index (χ0n) is 7.10. The van der Waals surface area contributed by atoms with E-state index in [-0.39, 0.29) is 0 Å². The highest BCUT2D eigenvalue weighted by atomic mass is 35.5. The first-order valence-electron chi connectivity index (χ1n) is 4.07. The lowest BCUT2D eigenvalue weighted by atomic mass is 10.1. The minimum atomic E-state index is -0.896. The number of aliphatic hydroxyl groups excluding tert-OH is 2. The second-order valence-corrected chi connectivity index (χ2v) is 3.15. The summed E-state index contributed by atoms with van der Waals surface area (Å²) in [6, 6.07) is 3.43. The van der Waals surface area contributed by atoms with Gasteiger partial charge < -0.3 is 10.2 Å². The Labute approximate surface area is 82.0 Å². The van der Waals surface area contributed by atoms with E-state index in [1.54, 1.807) is 18.3 Å². The van der Waals surface area contributed by atoms with E-state index in [1.165, 1.54) is 6.20 Å². The van der Waals surface area contributed by atoms with Crippen LogP contribution in [0.4, 0.5) is 0 Å². The van der Waals surface area contributed by atoms with E-state index in [4.69, 9.17) is 11.6 Å². The van der Waals surface area contributed by atoms with Crippen molar-refractivity contribution in [2.45, 2.75) is 18.6 Å². The number of rotatable bonds is 4. The molecular formula is C9H12ClNO2. The standard InChI is InChI=1S/C9H12ClNO2/c10-4-3-8(12)9(13)7-2-1-5-11-6-7/h1-2,5-6,8-9,12-13H,3-4H2. The molecule has 0 saturated heterocycles. The molecule has 2 atom stereocenters. The molecule has 0 spiro atoms. The van der Waals surface area contributed by atoms with Crippen LogP contribution >= 0.6 is 11.6 Å². The highest BCUT2D eigenvalue weighted by Crippen LogP contribution is 2.17. The molecule has 13 heavy (non-hydrogen) atoms. The summed E-state index contributed by atoms with van der Waals surface area (Å²) in [6.07, 6.45) is 1.80. The van der Waals surface area contributed by atoms with Crippen LogP contribution in [-0.2, 0) is 0 Å². The van der Waals surface area contributed by atoms with Crippen molar-refractivity contribution in [2.24, 2.45) is 0 Å². The first kappa shape index (κ1) is 10.4. The van der Waals surface area contributed by atoms with E-state index >= 15 is 0 Å². The van der Waals surface area contributed by atoms with Crippen molar-refractivity contribution in [2.75, 3.05) is 5.88 Å². The van der Waals surface area contributed by atoms with Crippen LogP contribution in [0.15, 0.2) is 24.5 Å². The largest absolute Gasteiger partial charge is 0.390 e. The molecule has 2 unspecified atom stereocenters. The summed E-state index contributed by atoms with van der Waals surface area (Å²) in [7, 11) is 0. The molecule has 0 bridgehead atoms. The van der Waals surface area contributed by atoms with Crippen LogP contribution in [0, 0.1) is 0 Å². The first-order valence-corrected chi connectivity index (χ1v) is 4.61. The summed E-state index contributed by atoms with van der Waals surface area (Å²) in [5.41, 5.74) is 0.611. The molecule has 3 nitrogen and oxygen atoms in total. The molecule has 0 aliphatic carbocycles. The van der Waals surface area contributed by atoms with Crippen LogP contribution < -0.4 is 0 Å². The molecule has 1 rings (SSSR count). The molecule has 0 aliphatic rings. The van der Waals surface area contributed by atoms with Gasteiger partial charge in [0.25, 0.3) is 0 Å². The molecule has 2 N–H and O–H groups in total. The maximum atomic E-state index is 9.57. The van der Waals surface area contributed by atoms with Gasteiger partial charge in [0.15, 0.2) is 0 Å². The molecular weight excluding hydrogens is 190 g/mol. The number of halogens is 1. The van der Waals surface area contributed by atoms with Crippen LogP contribution in [0.2, 0.25) is 0 Å². The Hall–Kier alpha value is -0.640. The second-order valence-electron chi connectivity index (χ2n) is 2.78. The third-order valence-corrected chi connectivity index (χ3v) is 2.01. The van der Waals surface area contributed by atoms with Crippen LogP contribution in [0.1, 0.15) is 18.1 Å². The third-order valence-electron chi connectivity index (χ3n) is 1.80. The van der Waals surface area contributed by atoms with E-state index in [9.17, 15) is 10.2 Å². The number of aromatic nitrogens is 1. The molecule has 72 valence electrons. The Morgan fingerprint density at radius 2 is 2.23 bits per heavy atom. The van der Waals surface area contributed by atoms with E-state index in [0.717, 1.165) is 0 Å². The van der Waals surface area contributed by atoms with Crippen molar-refractivity contribution in [1.29, 1.82) is 0 Å². The Kier molecular flexibility index (Phi) is 4.15. The molecule has 0 aliphatic heterocycles. The summed E-state index contributed by atoms with van der Waals surface area (Å²) < 4.78 is 0.